The minimum Gasteiger partial charge on any atom is -0.486 e. The summed E-state index contributed by atoms with van der Waals surface area (Å²) in [6.45, 7) is 1.33. The van der Waals surface area contributed by atoms with Crippen LogP contribution >= 0.6 is 15.9 Å². The predicted octanol–water partition coefficient (Wildman–Crippen LogP) is 3.35. The van der Waals surface area contributed by atoms with E-state index >= 15 is 0 Å². The number of halogens is 1. The van der Waals surface area contributed by atoms with Crippen LogP contribution in [0.25, 0.3) is 0 Å². The van der Waals surface area contributed by atoms with Crippen molar-refractivity contribution in [2.45, 2.75) is 18.8 Å². The Morgan fingerprint density at radius 1 is 1.19 bits per heavy atom. The Kier molecular flexibility index (Phi) is 2.80. The molecule has 1 aromatic rings. The first kappa shape index (κ1) is 10.5. The van der Waals surface area contributed by atoms with Gasteiger partial charge in [-0.2, -0.15) is 0 Å². The fraction of sp³-hybridized carbons (Fsp3) is 0.538. The zero-order chi connectivity index (χ0) is 11.0. The molecule has 1 aliphatic carbocycles. The maximum atomic E-state index is 5.62. The second kappa shape index (κ2) is 4.28. The molecule has 16 heavy (non-hydrogen) atoms. The van der Waals surface area contributed by atoms with Crippen LogP contribution in [-0.4, -0.2) is 18.5 Å². The molecule has 3 heteroatoms. The van der Waals surface area contributed by atoms with Crippen LogP contribution in [0.4, 0.5) is 0 Å². The first-order valence-electron chi connectivity index (χ1n) is 5.84. The van der Waals surface area contributed by atoms with Crippen LogP contribution in [0.3, 0.4) is 0 Å². The highest BCUT2D eigenvalue weighted by Crippen LogP contribution is 2.45. The van der Waals surface area contributed by atoms with Gasteiger partial charge in [0.15, 0.2) is 11.5 Å². The van der Waals surface area contributed by atoms with E-state index in [-0.39, 0.29) is 0 Å². The van der Waals surface area contributed by atoms with Crippen LogP contribution in [0, 0.1) is 5.92 Å². The number of rotatable bonds is 3. The molecule has 2 nitrogen and oxygen atoms in total. The molecule has 1 atom stereocenters. The Bertz CT molecular complexity index is 388. The molecule has 86 valence electrons. The molecule has 0 radical (unpaired) electrons. The molecule has 0 saturated heterocycles. The minimum absolute atomic E-state index is 0.635. The van der Waals surface area contributed by atoms with E-state index < -0.39 is 0 Å². The molecular formula is C13H15BrO2. The van der Waals surface area contributed by atoms with Gasteiger partial charge in [-0.15, -0.1) is 0 Å². The molecule has 0 bridgehead atoms. The maximum Gasteiger partial charge on any atom is 0.161 e. The van der Waals surface area contributed by atoms with E-state index in [9.17, 15) is 0 Å². The summed E-state index contributed by atoms with van der Waals surface area (Å²) in [5.74, 6) is 3.30. The van der Waals surface area contributed by atoms with Crippen molar-refractivity contribution in [3.8, 4) is 11.5 Å². The fourth-order valence-corrected chi connectivity index (χ4v) is 3.18. The summed E-state index contributed by atoms with van der Waals surface area (Å²) in [5.41, 5.74) is 1.38. The van der Waals surface area contributed by atoms with Gasteiger partial charge in [-0.3, -0.25) is 0 Å². The van der Waals surface area contributed by atoms with Crippen molar-refractivity contribution in [1.29, 1.82) is 0 Å². The number of benzene rings is 1. The molecule has 1 fully saturated rings. The Balaban J connectivity index is 1.89. The molecule has 2 aliphatic rings. The average molecular weight is 283 g/mol. The molecule has 3 rings (SSSR count). The fourth-order valence-electron chi connectivity index (χ4n) is 2.28. The number of hydrogen-bond donors (Lipinski definition) is 0. The van der Waals surface area contributed by atoms with Crippen molar-refractivity contribution < 1.29 is 9.47 Å². The third kappa shape index (κ3) is 1.93. The smallest absolute Gasteiger partial charge is 0.161 e. The average Bonchev–Trinajstić information content (AvgIpc) is 3.14. The highest BCUT2D eigenvalue weighted by Gasteiger charge is 2.32. The lowest BCUT2D eigenvalue weighted by atomic mass is 9.96. The molecule has 1 heterocycles. The Morgan fingerprint density at radius 2 is 1.94 bits per heavy atom. The summed E-state index contributed by atoms with van der Waals surface area (Å²) in [6, 6.07) is 6.37. The van der Waals surface area contributed by atoms with E-state index in [0.717, 1.165) is 22.7 Å². The van der Waals surface area contributed by atoms with Crippen molar-refractivity contribution in [2.75, 3.05) is 18.5 Å². The second-order valence-corrected chi connectivity index (χ2v) is 5.15. The summed E-state index contributed by atoms with van der Waals surface area (Å²) in [7, 11) is 0. The van der Waals surface area contributed by atoms with Gasteiger partial charge in [0.2, 0.25) is 0 Å². The normalized spacial score (nSPS) is 20.6. The third-order valence-electron chi connectivity index (χ3n) is 3.35. The molecule has 0 N–H and O–H groups in total. The molecule has 1 aliphatic heterocycles. The molecule has 0 spiro atoms. The largest absolute Gasteiger partial charge is 0.486 e. The summed E-state index contributed by atoms with van der Waals surface area (Å²) < 4.78 is 11.1. The van der Waals surface area contributed by atoms with E-state index in [1.165, 1.54) is 18.4 Å². The first-order valence-corrected chi connectivity index (χ1v) is 6.96. The minimum atomic E-state index is 0.635. The van der Waals surface area contributed by atoms with Crippen molar-refractivity contribution in [3.05, 3.63) is 23.8 Å². The van der Waals surface area contributed by atoms with Crippen LogP contribution in [0.15, 0.2) is 18.2 Å². The molecular weight excluding hydrogens is 268 g/mol. The van der Waals surface area contributed by atoms with E-state index in [1.54, 1.807) is 0 Å². The van der Waals surface area contributed by atoms with Crippen molar-refractivity contribution in [2.24, 2.45) is 5.92 Å². The highest BCUT2D eigenvalue weighted by atomic mass is 79.9. The quantitative estimate of drug-likeness (QED) is 0.792. The van der Waals surface area contributed by atoms with Gasteiger partial charge in [0.1, 0.15) is 13.2 Å². The van der Waals surface area contributed by atoms with E-state index in [4.69, 9.17) is 9.47 Å². The summed E-state index contributed by atoms with van der Waals surface area (Å²) in [6.07, 6.45) is 2.73. The van der Waals surface area contributed by atoms with Gasteiger partial charge in [-0.25, -0.2) is 0 Å². The standard InChI is InChI=1S/C13H15BrO2/c14-8-11(9-1-2-9)10-3-4-12-13(7-10)16-6-5-15-12/h3-4,7,9,11H,1-2,5-6,8H2. The van der Waals surface area contributed by atoms with Gasteiger partial charge >= 0.3 is 0 Å². The zero-order valence-electron chi connectivity index (χ0n) is 9.12. The molecule has 0 amide bonds. The maximum absolute atomic E-state index is 5.62. The monoisotopic (exact) mass is 282 g/mol. The van der Waals surface area contributed by atoms with Gasteiger partial charge in [0.25, 0.3) is 0 Å². The first-order chi connectivity index (χ1) is 7.88. The molecule has 0 aromatic heterocycles. The van der Waals surface area contributed by atoms with Gasteiger partial charge in [0.05, 0.1) is 0 Å². The summed E-state index contributed by atoms with van der Waals surface area (Å²) >= 11 is 3.62. The summed E-state index contributed by atoms with van der Waals surface area (Å²) in [4.78, 5) is 0. The highest BCUT2D eigenvalue weighted by molar-refractivity contribution is 9.09. The van der Waals surface area contributed by atoms with E-state index in [0.29, 0.717) is 19.1 Å². The number of alkyl halides is 1. The van der Waals surface area contributed by atoms with Crippen molar-refractivity contribution in [3.63, 3.8) is 0 Å². The van der Waals surface area contributed by atoms with Gasteiger partial charge < -0.3 is 9.47 Å². The number of fused-ring (bicyclic) bond motifs is 1. The van der Waals surface area contributed by atoms with Gasteiger partial charge in [0, 0.05) is 5.33 Å². The molecule has 1 unspecified atom stereocenters. The Morgan fingerprint density at radius 3 is 2.62 bits per heavy atom. The van der Waals surface area contributed by atoms with Crippen LogP contribution in [0.1, 0.15) is 24.3 Å². The zero-order valence-corrected chi connectivity index (χ0v) is 10.7. The molecule has 1 saturated carbocycles. The molecule has 1 aromatic carbocycles. The van der Waals surface area contributed by atoms with Crippen LogP contribution in [-0.2, 0) is 0 Å². The third-order valence-corrected chi connectivity index (χ3v) is 4.05. The van der Waals surface area contributed by atoms with Crippen LogP contribution in [0.5, 0.6) is 11.5 Å². The predicted molar refractivity (Wildman–Crippen MR) is 66.7 cm³/mol. The lowest BCUT2D eigenvalue weighted by molar-refractivity contribution is 0.171. The van der Waals surface area contributed by atoms with E-state index in [2.05, 4.69) is 28.1 Å². The van der Waals surface area contributed by atoms with Crippen LogP contribution < -0.4 is 9.47 Å². The van der Waals surface area contributed by atoms with Gasteiger partial charge in [-0.05, 0) is 42.4 Å². The Labute approximate surface area is 104 Å². The SMILES string of the molecule is BrCC(c1ccc2c(c1)OCCO2)C1CC1. The summed E-state index contributed by atoms with van der Waals surface area (Å²) in [5, 5.41) is 1.04. The second-order valence-electron chi connectivity index (χ2n) is 4.50. The van der Waals surface area contributed by atoms with E-state index in [1.807, 2.05) is 6.07 Å². The lowest BCUT2D eigenvalue weighted by Crippen LogP contribution is -2.16. The topological polar surface area (TPSA) is 18.5 Å². The Hall–Kier alpha value is -0.700. The number of hydrogen-bond acceptors (Lipinski definition) is 2. The van der Waals surface area contributed by atoms with Crippen LogP contribution in [0.2, 0.25) is 0 Å². The van der Waals surface area contributed by atoms with Crippen molar-refractivity contribution in [1.82, 2.24) is 0 Å². The number of ether oxygens (including phenoxy) is 2. The van der Waals surface area contributed by atoms with Gasteiger partial charge in [-0.1, -0.05) is 22.0 Å². The van der Waals surface area contributed by atoms with Crippen molar-refractivity contribution >= 4 is 15.9 Å². The lowest BCUT2D eigenvalue weighted by Gasteiger charge is -2.21.